The molecule has 0 amide bonds. The minimum Gasteiger partial charge on any atom is -0.481 e. The van der Waals surface area contributed by atoms with Gasteiger partial charge in [-0.2, -0.15) is 0 Å². The molecule has 5 heteroatoms. The van der Waals surface area contributed by atoms with E-state index in [-0.39, 0.29) is 0 Å². The van der Waals surface area contributed by atoms with Crippen molar-refractivity contribution < 1.29 is 9.15 Å². The number of nitrogens with zero attached hydrogens (tertiary/aromatic N) is 3. The van der Waals surface area contributed by atoms with Crippen molar-refractivity contribution in [2.45, 2.75) is 0 Å². The predicted octanol–water partition coefficient (Wildman–Crippen LogP) is 1.78. The molecule has 0 aliphatic carbocycles. The lowest BCUT2D eigenvalue weighted by molar-refractivity contribution is 0.398. The fraction of sp³-hybridized carbons (Fsp3) is 0.100. The molecular weight excluding hydrogens is 194 g/mol. The van der Waals surface area contributed by atoms with E-state index in [0.717, 1.165) is 5.56 Å². The fourth-order valence-electron chi connectivity index (χ4n) is 1.09. The van der Waals surface area contributed by atoms with Crippen molar-refractivity contribution in [2.24, 2.45) is 0 Å². The van der Waals surface area contributed by atoms with Gasteiger partial charge in [0.15, 0.2) is 0 Å². The summed E-state index contributed by atoms with van der Waals surface area (Å²) in [6.07, 6.45) is 3.11. The third-order valence-electron chi connectivity index (χ3n) is 1.81. The first kappa shape index (κ1) is 9.39. The van der Waals surface area contributed by atoms with E-state index in [9.17, 15) is 0 Å². The number of pyridine rings is 1. The summed E-state index contributed by atoms with van der Waals surface area (Å²) in [4.78, 5) is 3.98. The van der Waals surface area contributed by atoms with E-state index in [2.05, 4.69) is 21.8 Å². The van der Waals surface area contributed by atoms with Gasteiger partial charge in [-0.25, -0.2) is 4.98 Å². The molecule has 5 nitrogen and oxygen atoms in total. The Hall–Kier alpha value is -2.17. The van der Waals surface area contributed by atoms with E-state index in [1.165, 1.54) is 6.08 Å². The van der Waals surface area contributed by atoms with Gasteiger partial charge in [-0.1, -0.05) is 6.58 Å². The van der Waals surface area contributed by atoms with E-state index in [1.54, 1.807) is 25.4 Å². The first-order chi connectivity index (χ1) is 7.33. The van der Waals surface area contributed by atoms with Gasteiger partial charge in [-0.05, 0) is 12.1 Å². The Bertz CT molecular complexity index is 479. The Morgan fingerprint density at radius 3 is 3.00 bits per heavy atom. The van der Waals surface area contributed by atoms with Crippen LogP contribution < -0.4 is 4.74 Å². The molecule has 2 aromatic heterocycles. The average molecular weight is 203 g/mol. The van der Waals surface area contributed by atoms with Gasteiger partial charge >= 0.3 is 0 Å². The fourth-order valence-corrected chi connectivity index (χ4v) is 1.09. The minimum atomic E-state index is 0.390. The standard InChI is InChI=1S/C10H9N3O2/c1-3-8-12-13-10(15-8)7-4-5-11-9(6-7)14-2/h3-6H,1H2,2H3. The van der Waals surface area contributed by atoms with Crippen molar-refractivity contribution in [3.63, 3.8) is 0 Å². The van der Waals surface area contributed by atoms with Gasteiger partial charge in [0.05, 0.1) is 7.11 Å². The van der Waals surface area contributed by atoms with Crippen LogP contribution in [0.2, 0.25) is 0 Å². The number of aromatic nitrogens is 3. The van der Waals surface area contributed by atoms with Gasteiger partial charge in [-0.3, -0.25) is 0 Å². The van der Waals surface area contributed by atoms with Crippen molar-refractivity contribution in [1.29, 1.82) is 0 Å². The molecule has 0 aromatic carbocycles. The van der Waals surface area contributed by atoms with Gasteiger partial charge in [0.2, 0.25) is 17.7 Å². The number of rotatable bonds is 3. The molecule has 0 fully saturated rings. The normalized spacial score (nSPS) is 9.93. The second-order valence-electron chi connectivity index (χ2n) is 2.74. The van der Waals surface area contributed by atoms with Crippen molar-refractivity contribution in [3.05, 3.63) is 30.8 Å². The summed E-state index contributed by atoms with van der Waals surface area (Å²) in [5, 5.41) is 7.63. The van der Waals surface area contributed by atoms with Crippen molar-refractivity contribution in [2.75, 3.05) is 7.11 Å². The molecule has 0 aliphatic heterocycles. The Kier molecular flexibility index (Phi) is 2.45. The minimum absolute atomic E-state index is 0.390. The zero-order valence-corrected chi connectivity index (χ0v) is 8.17. The molecule has 0 radical (unpaired) electrons. The summed E-state index contributed by atoms with van der Waals surface area (Å²) in [6.45, 7) is 3.54. The molecule has 2 aromatic rings. The van der Waals surface area contributed by atoms with E-state index < -0.39 is 0 Å². The first-order valence-electron chi connectivity index (χ1n) is 4.30. The van der Waals surface area contributed by atoms with Gasteiger partial charge in [-0.15, -0.1) is 10.2 Å². The molecule has 0 saturated carbocycles. The number of hydrogen-bond donors (Lipinski definition) is 0. The molecule has 0 spiro atoms. The third-order valence-corrected chi connectivity index (χ3v) is 1.81. The molecule has 0 N–H and O–H groups in total. The van der Waals surface area contributed by atoms with Gasteiger partial charge in [0.1, 0.15) is 0 Å². The predicted molar refractivity (Wildman–Crippen MR) is 54.2 cm³/mol. The van der Waals surface area contributed by atoms with Crippen LogP contribution in [0.4, 0.5) is 0 Å². The summed E-state index contributed by atoms with van der Waals surface area (Å²) in [6, 6.07) is 3.49. The summed E-state index contributed by atoms with van der Waals surface area (Å²) in [7, 11) is 1.55. The van der Waals surface area contributed by atoms with Crippen LogP contribution in [0.3, 0.4) is 0 Å². The monoisotopic (exact) mass is 203 g/mol. The number of methoxy groups -OCH3 is 1. The van der Waals surface area contributed by atoms with Crippen molar-refractivity contribution >= 4 is 6.08 Å². The molecule has 2 heterocycles. The summed E-state index contributed by atoms with van der Waals surface area (Å²) >= 11 is 0. The number of hydrogen-bond acceptors (Lipinski definition) is 5. The van der Waals surface area contributed by atoms with Crippen LogP contribution in [0.25, 0.3) is 17.5 Å². The number of ether oxygens (including phenoxy) is 1. The van der Waals surface area contributed by atoms with Crippen LogP contribution in [0.1, 0.15) is 5.89 Å². The maximum atomic E-state index is 5.29. The van der Waals surface area contributed by atoms with Crippen LogP contribution in [-0.2, 0) is 0 Å². The quantitative estimate of drug-likeness (QED) is 0.760. The molecule has 0 bridgehead atoms. The Labute approximate surface area is 86.4 Å². The molecule has 0 unspecified atom stereocenters. The van der Waals surface area contributed by atoms with E-state index in [1.807, 2.05) is 0 Å². The van der Waals surface area contributed by atoms with Gasteiger partial charge in [0.25, 0.3) is 0 Å². The highest BCUT2D eigenvalue weighted by Crippen LogP contribution is 2.20. The second-order valence-corrected chi connectivity index (χ2v) is 2.74. The second kappa shape index (κ2) is 3.91. The zero-order valence-electron chi connectivity index (χ0n) is 8.17. The Morgan fingerprint density at radius 2 is 2.33 bits per heavy atom. The highest BCUT2D eigenvalue weighted by atomic mass is 16.5. The maximum absolute atomic E-state index is 5.29. The van der Waals surface area contributed by atoms with E-state index in [0.29, 0.717) is 17.7 Å². The lowest BCUT2D eigenvalue weighted by atomic mass is 10.3. The van der Waals surface area contributed by atoms with Gasteiger partial charge in [0, 0.05) is 17.8 Å². The molecule has 76 valence electrons. The molecule has 2 rings (SSSR count). The van der Waals surface area contributed by atoms with Crippen molar-refractivity contribution in [1.82, 2.24) is 15.2 Å². The molecule has 0 atom stereocenters. The topological polar surface area (TPSA) is 61.0 Å². The van der Waals surface area contributed by atoms with Crippen LogP contribution >= 0.6 is 0 Å². The SMILES string of the molecule is C=Cc1nnc(-c2ccnc(OC)c2)o1. The third kappa shape index (κ3) is 1.85. The first-order valence-corrected chi connectivity index (χ1v) is 4.30. The van der Waals surface area contributed by atoms with Crippen LogP contribution in [0.5, 0.6) is 5.88 Å². The van der Waals surface area contributed by atoms with Crippen LogP contribution in [0.15, 0.2) is 29.3 Å². The van der Waals surface area contributed by atoms with Crippen LogP contribution in [0, 0.1) is 0 Å². The molecule has 0 aliphatic rings. The Balaban J connectivity index is 2.39. The lowest BCUT2D eigenvalue weighted by Crippen LogP contribution is -1.87. The highest BCUT2D eigenvalue weighted by Gasteiger charge is 2.07. The van der Waals surface area contributed by atoms with E-state index >= 15 is 0 Å². The summed E-state index contributed by atoms with van der Waals surface area (Å²) < 4.78 is 10.3. The molecular formula is C10H9N3O2. The maximum Gasteiger partial charge on any atom is 0.248 e. The van der Waals surface area contributed by atoms with Gasteiger partial charge < -0.3 is 9.15 Å². The van der Waals surface area contributed by atoms with Crippen molar-refractivity contribution in [3.8, 4) is 17.3 Å². The molecule has 0 saturated heterocycles. The largest absolute Gasteiger partial charge is 0.481 e. The average Bonchev–Trinajstić information content (AvgIpc) is 2.78. The zero-order chi connectivity index (χ0) is 10.7. The van der Waals surface area contributed by atoms with Crippen LogP contribution in [-0.4, -0.2) is 22.3 Å². The highest BCUT2D eigenvalue weighted by molar-refractivity contribution is 5.54. The molecule has 15 heavy (non-hydrogen) atoms. The lowest BCUT2D eigenvalue weighted by Gasteiger charge is -1.98. The smallest absolute Gasteiger partial charge is 0.248 e. The summed E-state index contributed by atoms with van der Waals surface area (Å²) in [5.41, 5.74) is 0.766. The summed E-state index contributed by atoms with van der Waals surface area (Å²) in [5.74, 6) is 1.32. The van der Waals surface area contributed by atoms with E-state index in [4.69, 9.17) is 9.15 Å². The Morgan fingerprint density at radius 1 is 1.47 bits per heavy atom.